The van der Waals surface area contributed by atoms with Gasteiger partial charge in [0.15, 0.2) is 0 Å². The Morgan fingerprint density at radius 2 is 2.30 bits per heavy atom. The van der Waals surface area contributed by atoms with Crippen molar-refractivity contribution in [2.45, 2.75) is 26.2 Å². The van der Waals surface area contributed by atoms with Crippen LogP contribution in [0.15, 0.2) is 17.0 Å². The second-order valence-electron chi connectivity index (χ2n) is 4.36. The molecule has 1 aliphatic heterocycles. The fourth-order valence-electron chi connectivity index (χ4n) is 1.86. The van der Waals surface area contributed by atoms with Crippen LogP contribution in [0.25, 0.3) is 0 Å². The Kier molecular flexibility index (Phi) is 9.84. The summed E-state index contributed by atoms with van der Waals surface area (Å²) >= 11 is 1.63. The number of halogens is 2. The van der Waals surface area contributed by atoms with Crippen molar-refractivity contribution in [2.75, 3.05) is 19.6 Å². The van der Waals surface area contributed by atoms with E-state index in [0.717, 1.165) is 36.6 Å². The molecule has 4 nitrogen and oxygen atoms in total. The summed E-state index contributed by atoms with van der Waals surface area (Å²) in [5.41, 5.74) is 2.20. The van der Waals surface area contributed by atoms with E-state index in [2.05, 4.69) is 28.6 Å². The number of thiazole rings is 1. The standard InChI is InChI=1S/C13H19N3OS.2ClH/c1-2-13-16-11(9-18-13)7-12(17)15-8-10-3-5-14-6-4-10;;/h3,9,14H,2,4-8H2,1H3,(H,15,17);2*1H. The lowest BCUT2D eigenvalue weighted by atomic mass is 10.1. The van der Waals surface area contributed by atoms with Gasteiger partial charge >= 0.3 is 0 Å². The van der Waals surface area contributed by atoms with Gasteiger partial charge in [-0.25, -0.2) is 4.98 Å². The van der Waals surface area contributed by atoms with Crippen molar-refractivity contribution in [3.05, 3.63) is 27.7 Å². The molecule has 0 aliphatic carbocycles. The second-order valence-corrected chi connectivity index (χ2v) is 5.30. The van der Waals surface area contributed by atoms with Gasteiger partial charge in [0.05, 0.1) is 17.1 Å². The maximum Gasteiger partial charge on any atom is 0.226 e. The molecule has 2 N–H and O–H groups in total. The van der Waals surface area contributed by atoms with E-state index < -0.39 is 0 Å². The van der Waals surface area contributed by atoms with Crippen LogP contribution in [0.4, 0.5) is 0 Å². The van der Waals surface area contributed by atoms with Crippen molar-refractivity contribution >= 4 is 42.1 Å². The Labute approximate surface area is 136 Å². The number of nitrogens with one attached hydrogen (secondary N) is 2. The summed E-state index contributed by atoms with van der Waals surface area (Å²) in [5, 5.41) is 9.28. The molecular weight excluding hydrogens is 317 g/mol. The summed E-state index contributed by atoms with van der Waals surface area (Å²) in [6.07, 6.45) is 4.51. The Morgan fingerprint density at radius 1 is 1.50 bits per heavy atom. The van der Waals surface area contributed by atoms with Gasteiger partial charge in [0, 0.05) is 18.5 Å². The molecule has 114 valence electrons. The van der Waals surface area contributed by atoms with Gasteiger partial charge in [-0.1, -0.05) is 18.6 Å². The first-order valence-electron chi connectivity index (χ1n) is 6.36. The molecular formula is C13H21Cl2N3OS. The molecule has 2 heterocycles. The van der Waals surface area contributed by atoms with Crippen LogP contribution in [0, 0.1) is 0 Å². The molecule has 0 spiro atoms. The molecule has 20 heavy (non-hydrogen) atoms. The molecule has 1 aromatic rings. The second kappa shape index (κ2) is 10.2. The number of rotatable bonds is 5. The summed E-state index contributed by atoms with van der Waals surface area (Å²) in [7, 11) is 0. The third-order valence-corrected chi connectivity index (χ3v) is 3.96. The molecule has 0 atom stereocenters. The maximum atomic E-state index is 11.8. The molecule has 0 bridgehead atoms. The lowest BCUT2D eigenvalue weighted by Crippen LogP contribution is -2.30. The molecule has 1 aliphatic rings. The van der Waals surface area contributed by atoms with E-state index >= 15 is 0 Å². The van der Waals surface area contributed by atoms with E-state index in [-0.39, 0.29) is 30.7 Å². The van der Waals surface area contributed by atoms with Crippen molar-refractivity contribution in [1.29, 1.82) is 0 Å². The molecule has 0 saturated carbocycles. The summed E-state index contributed by atoms with van der Waals surface area (Å²) < 4.78 is 0. The molecule has 1 amide bonds. The van der Waals surface area contributed by atoms with E-state index in [0.29, 0.717) is 13.0 Å². The van der Waals surface area contributed by atoms with Gasteiger partial charge < -0.3 is 10.6 Å². The largest absolute Gasteiger partial charge is 0.352 e. The minimum Gasteiger partial charge on any atom is -0.352 e. The number of hydrogen-bond acceptors (Lipinski definition) is 4. The highest BCUT2D eigenvalue weighted by Crippen LogP contribution is 2.10. The maximum absolute atomic E-state index is 11.8. The number of carbonyl (C=O) groups is 1. The molecule has 2 rings (SSSR count). The van der Waals surface area contributed by atoms with Crippen molar-refractivity contribution in [3.63, 3.8) is 0 Å². The van der Waals surface area contributed by atoms with Crippen LogP contribution in [-0.2, 0) is 17.6 Å². The van der Waals surface area contributed by atoms with Gasteiger partial charge in [-0.2, -0.15) is 0 Å². The number of nitrogens with zero attached hydrogens (tertiary/aromatic N) is 1. The van der Waals surface area contributed by atoms with Crippen LogP contribution >= 0.6 is 36.2 Å². The molecule has 1 aromatic heterocycles. The Balaban J connectivity index is 0.00000180. The number of aryl methyl sites for hydroxylation is 1. The van der Waals surface area contributed by atoms with E-state index in [1.807, 2.05) is 5.38 Å². The summed E-state index contributed by atoms with van der Waals surface area (Å²) in [5.74, 6) is 0.0578. The zero-order valence-electron chi connectivity index (χ0n) is 11.5. The topological polar surface area (TPSA) is 54.0 Å². The van der Waals surface area contributed by atoms with Crippen LogP contribution in [-0.4, -0.2) is 30.5 Å². The van der Waals surface area contributed by atoms with Gasteiger partial charge in [-0.05, 0) is 19.4 Å². The highest BCUT2D eigenvalue weighted by atomic mass is 35.5. The molecule has 0 unspecified atom stereocenters. The minimum absolute atomic E-state index is 0. The first-order valence-corrected chi connectivity index (χ1v) is 7.24. The Morgan fingerprint density at radius 3 is 2.90 bits per heavy atom. The molecule has 0 aromatic carbocycles. The first kappa shape index (κ1) is 19.4. The van der Waals surface area contributed by atoms with E-state index in [1.54, 1.807) is 11.3 Å². The van der Waals surface area contributed by atoms with Crippen LogP contribution in [0.2, 0.25) is 0 Å². The van der Waals surface area contributed by atoms with E-state index in [4.69, 9.17) is 0 Å². The third kappa shape index (κ3) is 6.22. The summed E-state index contributed by atoms with van der Waals surface area (Å²) in [6.45, 7) is 4.67. The van der Waals surface area contributed by atoms with Gasteiger partial charge in [0.1, 0.15) is 0 Å². The highest BCUT2D eigenvalue weighted by molar-refractivity contribution is 7.09. The third-order valence-electron chi connectivity index (χ3n) is 2.91. The number of amides is 1. The average Bonchev–Trinajstić information content (AvgIpc) is 2.85. The molecule has 0 fully saturated rings. The molecule has 0 radical (unpaired) electrons. The predicted octanol–water partition coefficient (Wildman–Crippen LogP) is 2.13. The lowest BCUT2D eigenvalue weighted by molar-refractivity contribution is -0.120. The van der Waals surface area contributed by atoms with Crippen molar-refractivity contribution in [3.8, 4) is 0 Å². The minimum atomic E-state index is 0. The average molecular weight is 338 g/mol. The zero-order chi connectivity index (χ0) is 12.8. The van der Waals surface area contributed by atoms with Gasteiger partial charge in [0.2, 0.25) is 5.91 Å². The van der Waals surface area contributed by atoms with E-state index in [9.17, 15) is 4.79 Å². The normalized spacial score (nSPS) is 13.8. The smallest absolute Gasteiger partial charge is 0.226 e. The van der Waals surface area contributed by atoms with Crippen LogP contribution < -0.4 is 10.6 Å². The SMILES string of the molecule is CCc1nc(CC(=O)NCC2=CCNCC2)cs1.Cl.Cl. The molecule has 0 saturated heterocycles. The van der Waals surface area contributed by atoms with Crippen LogP contribution in [0.5, 0.6) is 0 Å². The quantitative estimate of drug-likeness (QED) is 0.809. The van der Waals surface area contributed by atoms with Crippen LogP contribution in [0.3, 0.4) is 0 Å². The van der Waals surface area contributed by atoms with Gasteiger partial charge in [0.25, 0.3) is 0 Å². The Hall–Kier alpha value is -0.620. The zero-order valence-corrected chi connectivity index (χ0v) is 13.9. The number of carbonyl (C=O) groups excluding carboxylic acids is 1. The summed E-state index contributed by atoms with van der Waals surface area (Å²) in [4.78, 5) is 16.2. The predicted molar refractivity (Wildman–Crippen MR) is 88.3 cm³/mol. The van der Waals surface area contributed by atoms with Crippen LogP contribution in [0.1, 0.15) is 24.0 Å². The molecule has 7 heteroatoms. The summed E-state index contributed by atoms with van der Waals surface area (Å²) in [6, 6.07) is 0. The van der Waals surface area contributed by atoms with Gasteiger partial charge in [-0.3, -0.25) is 4.79 Å². The monoisotopic (exact) mass is 337 g/mol. The number of hydrogen-bond donors (Lipinski definition) is 2. The first-order chi connectivity index (χ1) is 8.78. The highest BCUT2D eigenvalue weighted by Gasteiger charge is 2.08. The van der Waals surface area contributed by atoms with Crippen molar-refractivity contribution in [2.24, 2.45) is 0 Å². The number of aromatic nitrogens is 1. The van der Waals surface area contributed by atoms with Gasteiger partial charge in [-0.15, -0.1) is 36.2 Å². The Bertz CT molecular complexity index is 449. The van der Waals surface area contributed by atoms with E-state index in [1.165, 1.54) is 5.57 Å². The van der Waals surface area contributed by atoms with Crippen molar-refractivity contribution < 1.29 is 4.79 Å². The van der Waals surface area contributed by atoms with Crippen molar-refractivity contribution in [1.82, 2.24) is 15.6 Å². The fraction of sp³-hybridized carbons (Fsp3) is 0.538. The fourth-order valence-corrected chi connectivity index (χ4v) is 2.61. The lowest BCUT2D eigenvalue weighted by Gasteiger charge is -2.14.